The Kier molecular flexibility index (Phi) is 5.23. The van der Waals surface area contributed by atoms with Gasteiger partial charge in [0.25, 0.3) is 5.91 Å². The normalized spacial score (nSPS) is 12.8. The van der Waals surface area contributed by atoms with E-state index in [1.807, 2.05) is 0 Å². The summed E-state index contributed by atoms with van der Waals surface area (Å²) in [5.41, 5.74) is -0.611. The van der Waals surface area contributed by atoms with Gasteiger partial charge in [-0.1, -0.05) is 24.3 Å². The molecule has 0 aliphatic rings. The second-order valence-electron chi connectivity index (χ2n) is 5.29. The highest BCUT2D eigenvalue weighted by Crippen LogP contribution is 2.32. The number of carbonyl (C=O) groups excluding carboxylic acids is 1. The average molecular weight is 341 g/mol. The lowest BCUT2D eigenvalue weighted by atomic mass is 10.1. The first-order chi connectivity index (χ1) is 11.2. The van der Waals surface area contributed by atoms with Crippen molar-refractivity contribution >= 4 is 5.91 Å². The molecule has 2 rings (SSSR count). The van der Waals surface area contributed by atoms with Gasteiger partial charge in [-0.2, -0.15) is 13.2 Å². The first kappa shape index (κ1) is 17.9. The van der Waals surface area contributed by atoms with Gasteiger partial charge in [0.2, 0.25) is 0 Å². The summed E-state index contributed by atoms with van der Waals surface area (Å²) in [6.45, 7) is 1.61. The van der Waals surface area contributed by atoms with Crippen molar-refractivity contribution in [3.8, 4) is 0 Å². The number of amides is 1. The Balaban J connectivity index is 2.13. The van der Waals surface area contributed by atoms with Crippen LogP contribution in [0.1, 0.15) is 40.1 Å². The van der Waals surface area contributed by atoms with Crippen molar-refractivity contribution in [2.24, 2.45) is 0 Å². The highest BCUT2D eigenvalue weighted by molar-refractivity contribution is 5.95. The van der Waals surface area contributed by atoms with Crippen LogP contribution in [0, 0.1) is 5.82 Å². The lowest BCUT2D eigenvalue weighted by Crippen LogP contribution is -2.26. The summed E-state index contributed by atoms with van der Waals surface area (Å²) in [7, 11) is 0. The quantitative estimate of drug-likeness (QED) is 0.831. The van der Waals surface area contributed by atoms with Gasteiger partial charge < -0.3 is 10.4 Å². The van der Waals surface area contributed by atoms with Gasteiger partial charge in [0.05, 0.1) is 17.2 Å². The number of aliphatic hydroxyl groups is 1. The molecule has 0 spiro atoms. The van der Waals surface area contributed by atoms with Gasteiger partial charge in [-0.25, -0.2) is 4.39 Å². The standard InChI is InChI=1S/C17H15F4NO2/c1-10(23)12-4-2-11(3-5-12)9-22-16(24)14-7-6-13(18)8-15(14)17(19,20)21/h2-8,10,23H,9H2,1H3,(H,22,24)/t10-/m0/s1. The van der Waals surface area contributed by atoms with Crippen molar-refractivity contribution in [2.45, 2.75) is 25.7 Å². The minimum atomic E-state index is -4.83. The highest BCUT2D eigenvalue weighted by atomic mass is 19.4. The zero-order valence-electron chi connectivity index (χ0n) is 12.7. The fraction of sp³-hybridized carbons (Fsp3) is 0.235. The first-order valence-corrected chi connectivity index (χ1v) is 7.10. The second kappa shape index (κ2) is 7.00. The molecule has 2 aromatic carbocycles. The molecule has 0 saturated heterocycles. The van der Waals surface area contributed by atoms with Crippen LogP contribution in [0.2, 0.25) is 0 Å². The zero-order valence-corrected chi connectivity index (χ0v) is 12.7. The lowest BCUT2D eigenvalue weighted by molar-refractivity contribution is -0.138. The molecule has 0 unspecified atom stereocenters. The molecule has 3 nitrogen and oxygen atoms in total. The molecule has 0 aliphatic heterocycles. The number of benzene rings is 2. The Morgan fingerprint density at radius 1 is 1.17 bits per heavy atom. The van der Waals surface area contributed by atoms with E-state index in [-0.39, 0.29) is 6.54 Å². The minimum absolute atomic E-state index is 0.00754. The number of aliphatic hydroxyl groups excluding tert-OH is 1. The molecule has 0 saturated carbocycles. The fourth-order valence-corrected chi connectivity index (χ4v) is 2.14. The number of alkyl halides is 3. The molecule has 0 bridgehead atoms. The molecule has 7 heteroatoms. The van der Waals surface area contributed by atoms with Crippen LogP contribution in [0.4, 0.5) is 17.6 Å². The molecule has 0 fully saturated rings. The number of hydrogen-bond donors (Lipinski definition) is 2. The van der Waals surface area contributed by atoms with E-state index in [9.17, 15) is 27.5 Å². The zero-order chi connectivity index (χ0) is 17.9. The Morgan fingerprint density at radius 2 is 1.79 bits per heavy atom. The summed E-state index contributed by atoms with van der Waals surface area (Å²) in [6, 6.07) is 8.53. The summed E-state index contributed by atoms with van der Waals surface area (Å²) >= 11 is 0. The Morgan fingerprint density at radius 3 is 2.33 bits per heavy atom. The third-order valence-corrected chi connectivity index (χ3v) is 3.45. The maximum Gasteiger partial charge on any atom is 0.417 e. The van der Waals surface area contributed by atoms with Crippen molar-refractivity contribution in [1.82, 2.24) is 5.32 Å². The van der Waals surface area contributed by atoms with Gasteiger partial charge in [0.1, 0.15) is 5.82 Å². The van der Waals surface area contributed by atoms with E-state index in [0.717, 1.165) is 12.1 Å². The number of carbonyl (C=O) groups is 1. The molecule has 0 aliphatic carbocycles. The predicted molar refractivity (Wildman–Crippen MR) is 79.6 cm³/mol. The van der Waals surface area contributed by atoms with Gasteiger partial charge in [0, 0.05) is 6.54 Å². The molecular formula is C17H15F4NO2. The Labute approximate surface area is 135 Å². The molecule has 0 aromatic heterocycles. The highest BCUT2D eigenvalue weighted by Gasteiger charge is 2.35. The maximum absolute atomic E-state index is 13.0. The van der Waals surface area contributed by atoms with E-state index >= 15 is 0 Å². The van der Waals surface area contributed by atoms with Gasteiger partial charge >= 0.3 is 6.18 Å². The van der Waals surface area contributed by atoms with Crippen LogP contribution in [-0.2, 0) is 12.7 Å². The molecule has 0 heterocycles. The largest absolute Gasteiger partial charge is 0.417 e. The second-order valence-corrected chi connectivity index (χ2v) is 5.29. The molecule has 0 radical (unpaired) electrons. The van der Waals surface area contributed by atoms with Crippen LogP contribution in [0.5, 0.6) is 0 Å². The summed E-state index contributed by atoms with van der Waals surface area (Å²) in [5.74, 6) is -2.01. The van der Waals surface area contributed by atoms with Crippen molar-refractivity contribution in [2.75, 3.05) is 0 Å². The number of rotatable bonds is 4. The van der Waals surface area contributed by atoms with Crippen LogP contribution in [-0.4, -0.2) is 11.0 Å². The van der Waals surface area contributed by atoms with Crippen molar-refractivity contribution in [1.29, 1.82) is 0 Å². The number of hydrogen-bond acceptors (Lipinski definition) is 2. The van der Waals surface area contributed by atoms with Crippen molar-refractivity contribution in [3.05, 3.63) is 70.5 Å². The summed E-state index contributed by atoms with van der Waals surface area (Å²) in [5, 5.41) is 11.8. The number of nitrogens with one attached hydrogen (secondary N) is 1. The molecule has 128 valence electrons. The van der Waals surface area contributed by atoms with Gasteiger partial charge in [-0.15, -0.1) is 0 Å². The van der Waals surface area contributed by atoms with E-state index in [0.29, 0.717) is 17.2 Å². The third-order valence-electron chi connectivity index (χ3n) is 3.45. The van der Waals surface area contributed by atoms with Crippen molar-refractivity contribution < 1.29 is 27.5 Å². The average Bonchev–Trinajstić information content (AvgIpc) is 2.52. The van der Waals surface area contributed by atoms with Crippen LogP contribution < -0.4 is 5.32 Å². The summed E-state index contributed by atoms with van der Waals surface area (Å²) in [4.78, 5) is 12.0. The Hall–Kier alpha value is -2.41. The maximum atomic E-state index is 13.0. The fourth-order valence-electron chi connectivity index (χ4n) is 2.14. The Bertz CT molecular complexity index is 724. The summed E-state index contributed by atoms with van der Waals surface area (Å²) < 4.78 is 51.7. The van der Waals surface area contributed by atoms with Crippen LogP contribution >= 0.6 is 0 Å². The molecule has 2 aromatic rings. The van der Waals surface area contributed by atoms with E-state index in [1.165, 1.54) is 0 Å². The van der Waals surface area contributed by atoms with Gasteiger partial charge in [-0.3, -0.25) is 4.79 Å². The van der Waals surface area contributed by atoms with Crippen LogP contribution in [0.15, 0.2) is 42.5 Å². The van der Waals surface area contributed by atoms with E-state index in [2.05, 4.69) is 5.32 Å². The minimum Gasteiger partial charge on any atom is -0.389 e. The summed E-state index contributed by atoms with van der Waals surface area (Å²) in [6.07, 6.45) is -5.46. The lowest BCUT2D eigenvalue weighted by Gasteiger charge is -2.13. The third kappa shape index (κ3) is 4.32. The monoisotopic (exact) mass is 341 g/mol. The topological polar surface area (TPSA) is 49.3 Å². The molecule has 2 N–H and O–H groups in total. The smallest absolute Gasteiger partial charge is 0.389 e. The van der Waals surface area contributed by atoms with E-state index < -0.39 is 35.1 Å². The molecule has 1 amide bonds. The SMILES string of the molecule is C[C@H](O)c1ccc(CNC(=O)c2ccc(F)cc2C(F)(F)F)cc1. The van der Waals surface area contributed by atoms with Gasteiger partial charge in [0.15, 0.2) is 0 Å². The van der Waals surface area contributed by atoms with E-state index in [4.69, 9.17) is 0 Å². The van der Waals surface area contributed by atoms with Gasteiger partial charge in [-0.05, 0) is 36.2 Å². The molecule has 24 heavy (non-hydrogen) atoms. The van der Waals surface area contributed by atoms with E-state index in [1.54, 1.807) is 31.2 Å². The number of halogens is 4. The molecule has 1 atom stereocenters. The molecular weight excluding hydrogens is 326 g/mol. The first-order valence-electron chi connectivity index (χ1n) is 7.10. The van der Waals surface area contributed by atoms with Crippen molar-refractivity contribution in [3.63, 3.8) is 0 Å². The predicted octanol–water partition coefficient (Wildman–Crippen LogP) is 3.83. The van der Waals surface area contributed by atoms with Crippen LogP contribution in [0.3, 0.4) is 0 Å². The van der Waals surface area contributed by atoms with Crippen LogP contribution in [0.25, 0.3) is 0 Å².